The summed E-state index contributed by atoms with van der Waals surface area (Å²) < 4.78 is 0.886. The van der Waals surface area contributed by atoms with E-state index < -0.39 is 6.04 Å². The van der Waals surface area contributed by atoms with Crippen molar-refractivity contribution in [3.05, 3.63) is 20.8 Å². The zero-order chi connectivity index (χ0) is 14.3. The molecule has 114 valence electrons. The van der Waals surface area contributed by atoms with E-state index in [1.807, 2.05) is 0 Å². The molecular formula is C12H19BrClN3O2S. The zero-order valence-corrected chi connectivity index (χ0v) is 14.4. The first-order chi connectivity index (χ1) is 9.04. The van der Waals surface area contributed by atoms with Crippen LogP contribution in [0.2, 0.25) is 0 Å². The minimum Gasteiger partial charge on any atom is -0.354 e. The van der Waals surface area contributed by atoms with Crippen LogP contribution in [-0.4, -0.2) is 30.9 Å². The van der Waals surface area contributed by atoms with Gasteiger partial charge in [0.25, 0.3) is 5.91 Å². The van der Waals surface area contributed by atoms with Gasteiger partial charge >= 0.3 is 0 Å². The van der Waals surface area contributed by atoms with E-state index in [9.17, 15) is 9.59 Å². The van der Waals surface area contributed by atoms with Crippen LogP contribution < -0.4 is 16.4 Å². The number of halogens is 2. The van der Waals surface area contributed by atoms with Gasteiger partial charge < -0.3 is 16.4 Å². The number of amides is 2. The van der Waals surface area contributed by atoms with Crippen molar-refractivity contribution >= 4 is 51.5 Å². The first-order valence-electron chi connectivity index (χ1n) is 6.08. The van der Waals surface area contributed by atoms with E-state index in [2.05, 4.69) is 26.6 Å². The molecule has 2 amide bonds. The molecule has 4 N–H and O–H groups in total. The van der Waals surface area contributed by atoms with Gasteiger partial charge in [0.2, 0.25) is 5.91 Å². The normalized spacial score (nSPS) is 11.3. The Morgan fingerprint density at radius 2 is 2.10 bits per heavy atom. The molecule has 1 aromatic rings. The van der Waals surface area contributed by atoms with Crippen molar-refractivity contribution in [3.8, 4) is 0 Å². The predicted octanol–water partition coefficient (Wildman–Crippen LogP) is 1.91. The van der Waals surface area contributed by atoms with Crippen LogP contribution in [0.4, 0.5) is 0 Å². The summed E-state index contributed by atoms with van der Waals surface area (Å²) in [4.78, 5) is 24.1. The van der Waals surface area contributed by atoms with Gasteiger partial charge in [0.15, 0.2) is 0 Å². The number of rotatable bonds is 7. The van der Waals surface area contributed by atoms with Gasteiger partial charge in [0, 0.05) is 6.54 Å². The molecule has 0 aliphatic rings. The van der Waals surface area contributed by atoms with Crippen molar-refractivity contribution in [3.63, 3.8) is 0 Å². The SMILES string of the molecule is CC(NC(=O)c1ccc(Br)s1)C(=O)NCCCCN.Cl. The first kappa shape index (κ1) is 19.4. The zero-order valence-electron chi connectivity index (χ0n) is 11.1. The second-order valence-electron chi connectivity index (χ2n) is 4.09. The molecule has 1 unspecified atom stereocenters. The Labute approximate surface area is 137 Å². The average Bonchev–Trinajstić information content (AvgIpc) is 2.81. The van der Waals surface area contributed by atoms with Crippen LogP contribution in [0.3, 0.4) is 0 Å². The number of carbonyl (C=O) groups is 2. The molecule has 0 bridgehead atoms. The summed E-state index contributed by atoms with van der Waals surface area (Å²) in [5, 5.41) is 5.43. The Hall–Kier alpha value is -0.630. The first-order valence-corrected chi connectivity index (χ1v) is 7.69. The fraction of sp³-hybridized carbons (Fsp3) is 0.500. The van der Waals surface area contributed by atoms with E-state index in [1.165, 1.54) is 11.3 Å². The highest BCUT2D eigenvalue weighted by Crippen LogP contribution is 2.21. The van der Waals surface area contributed by atoms with E-state index in [0.29, 0.717) is 18.0 Å². The topological polar surface area (TPSA) is 84.2 Å². The summed E-state index contributed by atoms with van der Waals surface area (Å²) in [6, 6.07) is 2.97. The van der Waals surface area contributed by atoms with E-state index in [4.69, 9.17) is 5.73 Å². The van der Waals surface area contributed by atoms with Gasteiger partial charge in [-0.25, -0.2) is 0 Å². The third kappa shape index (κ3) is 6.69. The van der Waals surface area contributed by atoms with Crippen LogP contribution in [0.5, 0.6) is 0 Å². The monoisotopic (exact) mass is 383 g/mol. The number of carbonyl (C=O) groups excluding carboxylic acids is 2. The molecule has 0 aromatic carbocycles. The average molecular weight is 385 g/mol. The van der Waals surface area contributed by atoms with E-state index in [1.54, 1.807) is 19.1 Å². The minimum atomic E-state index is -0.550. The molecule has 1 heterocycles. The van der Waals surface area contributed by atoms with Crippen LogP contribution in [0.15, 0.2) is 15.9 Å². The summed E-state index contributed by atoms with van der Waals surface area (Å²) in [7, 11) is 0. The number of nitrogens with one attached hydrogen (secondary N) is 2. The molecule has 0 aliphatic heterocycles. The van der Waals surface area contributed by atoms with Gasteiger partial charge in [-0.1, -0.05) is 0 Å². The second-order valence-corrected chi connectivity index (χ2v) is 6.55. The molecular weight excluding hydrogens is 366 g/mol. The van der Waals surface area contributed by atoms with Crippen LogP contribution in [0, 0.1) is 0 Å². The Kier molecular flexibility index (Phi) is 9.83. The van der Waals surface area contributed by atoms with Gasteiger partial charge in [-0.2, -0.15) is 0 Å². The maximum absolute atomic E-state index is 11.8. The van der Waals surface area contributed by atoms with Crippen LogP contribution >= 0.6 is 39.7 Å². The Bertz CT molecular complexity index is 442. The third-order valence-electron chi connectivity index (χ3n) is 2.47. The smallest absolute Gasteiger partial charge is 0.262 e. The van der Waals surface area contributed by atoms with Crippen LogP contribution in [0.25, 0.3) is 0 Å². The molecule has 20 heavy (non-hydrogen) atoms. The van der Waals surface area contributed by atoms with Crippen molar-refractivity contribution in [1.82, 2.24) is 10.6 Å². The van der Waals surface area contributed by atoms with Crippen molar-refractivity contribution in [1.29, 1.82) is 0 Å². The van der Waals surface area contributed by atoms with Gasteiger partial charge in [0.05, 0.1) is 8.66 Å². The van der Waals surface area contributed by atoms with Gasteiger partial charge in [0.1, 0.15) is 6.04 Å². The van der Waals surface area contributed by atoms with Crippen LogP contribution in [-0.2, 0) is 4.79 Å². The van der Waals surface area contributed by atoms with Gasteiger partial charge in [-0.15, -0.1) is 23.7 Å². The molecule has 1 rings (SSSR count). The molecule has 5 nitrogen and oxygen atoms in total. The van der Waals surface area contributed by atoms with Crippen LogP contribution in [0.1, 0.15) is 29.4 Å². The Morgan fingerprint density at radius 3 is 2.65 bits per heavy atom. The fourth-order valence-electron chi connectivity index (χ4n) is 1.40. The molecule has 0 spiro atoms. The maximum Gasteiger partial charge on any atom is 0.262 e. The van der Waals surface area contributed by atoms with E-state index >= 15 is 0 Å². The largest absolute Gasteiger partial charge is 0.354 e. The lowest BCUT2D eigenvalue weighted by atomic mass is 10.2. The highest BCUT2D eigenvalue weighted by molar-refractivity contribution is 9.11. The number of unbranched alkanes of at least 4 members (excludes halogenated alkanes) is 1. The molecule has 1 aromatic heterocycles. The molecule has 0 radical (unpaired) electrons. The Balaban J connectivity index is 0.00000361. The van der Waals surface area contributed by atoms with Crippen molar-refractivity contribution in [2.45, 2.75) is 25.8 Å². The summed E-state index contributed by atoms with van der Waals surface area (Å²) >= 11 is 4.63. The maximum atomic E-state index is 11.8. The van der Waals surface area contributed by atoms with Crippen molar-refractivity contribution in [2.24, 2.45) is 5.73 Å². The lowest BCUT2D eigenvalue weighted by molar-refractivity contribution is -0.122. The molecule has 0 saturated carbocycles. The van der Waals surface area contributed by atoms with E-state index in [0.717, 1.165) is 16.6 Å². The number of thiophene rings is 1. The minimum absolute atomic E-state index is 0. The molecule has 0 saturated heterocycles. The number of hydrogen-bond donors (Lipinski definition) is 3. The molecule has 0 aliphatic carbocycles. The summed E-state index contributed by atoms with van der Waals surface area (Å²) in [5.41, 5.74) is 5.37. The van der Waals surface area contributed by atoms with Gasteiger partial charge in [-0.3, -0.25) is 9.59 Å². The lowest BCUT2D eigenvalue weighted by Crippen LogP contribution is -2.44. The third-order valence-corrected chi connectivity index (χ3v) is 4.09. The summed E-state index contributed by atoms with van der Waals surface area (Å²) in [6.45, 7) is 2.87. The lowest BCUT2D eigenvalue weighted by Gasteiger charge is -2.13. The standard InChI is InChI=1S/C12H18BrN3O2S.ClH/c1-8(11(17)15-7-3-2-6-14)16-12(18)9-4-5-10(13)19-9;/h4-5,8H,2-3,6-7,14H2,1H3,(H,15,17)(H,16,18);1H. The molecule has 1 atom stereocenters. The fourth-order valence-corrected chi connectivity index (χ4v) is 2.69. The summed E-state index contributed by atoms with van der Waals surface area (Å²) in [6.07, 6.45) is 1.73. The summed E-state index contributed by atoms with van der Waals surface area (Å²) in [5.74, 6) is -0.415. The quantitative estimate of drug-likeness (QED) is 0.628. The molecule has 8 heteroatoms. The molecule has 0 fully saturated rings. The number of nitrogens with two attached hydrogens (primary N) is 1. The predicted molar refractivity (Wildman–Crippen MR) is 87.5 cm³/mol. The highest BCUT2D eigenvalue weighted by atomic mass is 79.9. The van der Waals surface area contributed by atoms with Crippen molar-refractivity contribution in [2.75, 3.05) is 13.1 Å². The Morgan fingerprint density at radius 1 is 1.40 bits per heavy atom. The van der Waals surface area contributed by atoms with E-state index in [-0.39, 0.29) is 24.2 Å². The van der Waals surface area contributed by atoms with Crippen molar-refractivity contribution < 1.29 is 9.59 Å². The highest BCUT2D eigenvalue weighted by Gasteiger charge is 2.17. The number of hydrogen-bond acceptors (Lipinski definition) is 4. The van der Waals surface area contributed by atoms with Gasteiger partial charge in [-0.05, 0) is 54.4 Å². The second kappa shape index (κ2) is 10.1.